The first-order valence-electron chi connectivity index (χ1n) is 13.9. The zero-order valence-electron chi connectivity index (χ0n) is 23.1. The lowest BCUT2D eigenvalue weighted by molar-refractivity contribution is -0.123. The van der Waals surface area contributed by atoms with Gasteiger partial charge in [0.1, 0.15) is 24.0 Å². The minimum Gasteiger partial charge on any atom is -0.376 e. The maximum absolute atomic E-state index is 15.4. The van der Waals surface area contributed by atoms with Crippen molar-refractivity contribution >= 4 is 29.4 Å². The van der Waals surface area contributed by atoms with Gasteiger partial charge in [-0.05, 0) is 43.5 Å². The van der Waals surface area contributed by atoms with Crippen molar-refractivity contribution < 1.29 is 23.1 Å². The van der Waals surface area contributed by atoms with Gasteiger partial charge in [-0.1, -0.05) is 48.5 Å². The van der Waals surface area contributed by atoms with Gasteiger partial charge >= 0.3 is 0 Å². The standard InChI is InChI=1S/C32H30F2N4O3S/c1-20-7-5-10-23(15-20)38-32-29(30(36-38)21-8-3-2-4-9-21)31(25-13-12-22(33)16-26(25)34)42-19-28(40)37(32)18-27(39)35-17-24-11-6-14-41-24/h2-5,7-10,12-13,15-16,24,31H,6,11,14,17-19H2,1H3,(H,35,39)/t24-,31+/m0/s1. The number of anilines is 1. The molecule has 1 saturated heterocycles. The minimum atomic E-state index is -0.712. The first-order chi connectivity index (χ1) is 20.4. The molecule has 2 aliphatic heterocycles. The Bertz CT molecular complexity index is 1620. The molecule has 0 saturated carbocycles. The Morgan fingerprint density at radius 1 is 1.10 bits per heavy atom. The Balaban J connectivity index is 1.53. The van der Waals surface area contributed by atoms with E-state index in [9.17, 15) is 14.0 Å². The quantitative estimate of drug-likeness (QED) is 0.305. The number of amides is 2. The first kappa shape index (κ1) is 28.1. The van der Waals surface area contributed by atoms with Crippen LogP contribution in [0.3, 0.4) is 0 Å². The van der Waals surface area contributed by atoms with Crippen LogP contribution >= 0.6 is 11.8 Å². The number of halogens is 2. The van der Waals surface area contributed by atoms with E-state index in [0.717, 1.165) is 30.0 Å². The number of thioether (sulfide) groups is 1. The fourth-order valence-electron chi connectivity index (χ4n) is 5.46. The van der Waals surface area contributed by atoms with Crippen molar-refractivity contribution in [3.8, 4) is 16.9 Å². The van der Waals surface area contributed by atoms with E-state index in [0.29, 0.717) is 35.9 Å². The normalized spacial score (nSPS) is 18.5. The number of hydrogen-bond donors (Lipinski definition) is 1. The molecule has 42 heavy (non-hydrogen) atoms. The monoisotopic (exact) mass is 588 g/mol. The summed E-state index contributed by atoms with van der Waals surface area (Å²) < 4.78 is 36.6. The molecule has 0 radical (unpaired) electrons. The molecule has 2 atom stereocenters. The SMILES string of the molecule is Cc1cccc(-n2nc(-c3ccccc3)c3c2N(CC(=O)NC[C@@H]2CCCO2)C(=O)CS[C@@H]3c2ccc(F)cc2F)c1. The summed E-state index contributed by atoms with van der Waals surface area (Å²) in [5.41, 5.74) is 3.81. The molecule has 10 heteroatoms. The maximum atomic E-state index is 15.4. The predicted molar refractivity (Wildman–Crippen MR) is 159 cm³/mol. The van der Waals surface area contributed by atoms with Gasteiger partial charge in [0.25, 0.3) is 0 Å². The molecule has 0 spiro atoms. The second-order valence-corrected chi connectivity index (χ2v) is 11.6. The van der Waals surface area contributed by atoms with Crippen LogP contribution in [-0.4, -0.2) is 53.1 Å². The van der Waals surface area contributed by atoms with E-state index in [4.69, 9.17) is 9.84 Å². The van der Waals surface area contributed by atoms with Crippen LogP contribution in [0.2, 0.25) is 0 Å². The number of benzene rings is 3. The first-order valence-corrected chi connectivity index (χ1v) is 14.9. The molecule has 6 rings (SSSR count). The van der Waals surface area contributed by atoms with Crippen molar-refractivity contribution in [3.05, 3.63) is 101 Å². The predicted octanol–water partition coefficient (Wildman–Crippen LogP) is 5.59. The van der Waals surface area contributed by atoms with Crippen molar-refractivity contribution in [2.24, 2.45) is 0 Å². The van der Waals surface area contributed by atoms with E-state index >= 15 is 4.39 Å². The van der Waals surface area contributed by atoms with E-state index in [1.807, 2.05) is 61.5 Å². The summed E-state index contributed by atoms with van der Waals surface area (Å²) in [4.78, 5) is 28.5. The summed E-state index contributed by atoms with van der Waals surface area (Å²) in [5, 5.41) is 7.22. The largest absolute Gasteiger partial charge is 0.376 e. The van der Waals surface area contributed by atoms with E-state index in [2.05, 4.69) is 5.32 Å². The van der Waals surface area contributed by atoms with Gasteiger partial charge in [0, 0.05) is 35.9 Å². The van der Waals surface area contributed by atoms with Gasteiger partial charge in [-0.3, -0.25) is 14.5 Å². The van der Waals surface area contributed by atoms with Gasteiger partial charge in [0.2, 0.25) is 11.8 Å². The maximum Gasteiger partial charge on any atom is 0.240 e. The Morgan fingerprint density at radius 3 is 2.67 bits per heavy atom. The van der Waals surface area contributed by atoms with E-state index in [1.165, 1.54) is 28.8 Å². The third-order valence-corrected chi connectivity index (χ3v) is 8.72. The molecule has 3 aromatic carbocycles. The lowest BCUT2D eigenvalue weighted by Crippen LogP contribution is -2.44. The van der Waals surface area contributed by atoms with Gasteiger partial charge < -0.3 is 10.1 Å². The van der Waals surface area contributed by atoms with Crippen LogP contribution in [-0.2, 0) is 14.3 Å². The van der Waals surface area contributed by atoms with Crippen LogP contribution in [0.5, 0.6) is 0 Å². The second kappa shape index (κ2) is 12.1. The molecule has 2 aliphatic rings. The Kier molecular flexibility index (Phi) is 8.08. The fourth-order valence-corrected chi connectivity index (χ4v) is 6.68. The molecule has 0 aliphatic carbocycles. The number of carbonyl (C=O) groups is 2. The van der Waals surface area contributed by atoms with E-state index in [1.54, 1.807) is 4.68 Å². The molecule has 1 N–H and O–H groups in total. The highest BCUT2D eigenvalue weighted by Crippen LogP contribution is 2.49. The van der Waals surface area contributed by atoms with Crippen molar-refractivity contribution in [1.82, 2.24) is 15.1 Å². The highest BCUT2D eigenvalue weighted by Gasteiger charge is 2.38. The van der Waals surface area contributed by atoms with Crippen LogP contribution in [0.15, 0.2) is 72.8 Å². The highest BCUT2D eigenvalue weighted by molar-refractivity contribution is 8.00. The molecule has 7 nitrogen and oxygen atoms in total. The molecule has 2 amide bonds. The molecular formula is C32H30F2N4O3S. The molecule has 0 bridgehead atoms. The molecule has 216 valence electrons. The van der Waals surface area contributed by atoms with Gasteiger partial charge in [-0.2, -0.15) is 5.10 Å². The zero-order valence-corrected chi connectivity index (χ0v) is 23.9. The Hall–Kier alpha value is -4.02. The number of nitrogens with zero attached hydrogens (tertiary/aromatic N) is 3. The summed E-state index contributed by atoms with van der Waals surface area (Å²) in [6.07, 6.45) is 1.77. The summed E-state index contributed by atoms with van der Waals surface area (Å²) in [6.45, 7) is 2.74. The van der Waals surface area contributed by atoms with Gasteiger partial charge in [-0.15, -0.1) is 11.8 Å². The third-order valence-electron chi connectivity index (χ3n) is 7.48. The number of aryl methyl sites for hydroxylation is 1. The summed E-state index contributed by atoms with van der Waals surface area (Å²) >= 11 is 1.23. The molecule has 4 aromatic rings. The second-order valence-electron chi connectivity index (χ2n) is 10.5. The highest BCUT2D eigenvalue weighted by atomic mass is 32.2. The number of hydrogen-bond acceptors (Lipinski definition) is 5. The number of ether oxygens (including phenoxy) is 1. The molecular weight excluding hydrogens is 558 g/mol. The smallest absolute Gasteiger partial charge is 0.240 e. The summed E-state index contributed by atoms with van der Waals surface area (Å²) in [7, 11) is 0. The lowest BCUT2D eigenvalue weighted by atomic mass is 9.99. The van der Waals surface area contributed by atoms with Gasteiger partial charge in [0.15, 0.2) is 0 Å². The molecule has 3 heterocycles. The van der Waals surface area contributed by atoms with E-state index in [-0.39, 0.29) is 35.8 Å². The average molecular weight is 589 g/mol. The lowest BCUT2D eigenvalue weighted by Gasteiger charge is -2.23. The van der Waals surface area contributed by atoms with Crippen LogP contribution in [0, 0.1) is 18.6 Å². The molecule has 0 unspecified atom stereocenters. The topological polar surface area (TPSA) is 76.5 Å². The van der Waals surface area contributed by atoms with Crippen LogP contribution in [0.4, 0.5) is 14.6 Å². The van der Waals surface area contributed by atoms with Crippen molar-refractivity contribution in [2.45, 2.75) is 31.1 Å². The summed E-state index contributed by atoms with van der Waals surface area (Å²) in [5.74, 6) is -1.68. The third kappa shape index (κ3) is 5.69. The van der Waals surface area contributed by atoms with Crippen molar-refractivity contribution in [3.63, 3.8) is 0 Å². The number of aromatic nitrogens is 2. The van der Waals surface area contributed by atoms with Gasteiger partial charge in [0.05, 0.1) is 28.5 Å². The Morgan fingerprint density at radius 2 is 1.93 bits per heavy atom. The number of rotatable bonds is 7. The van der Waals surface area contributed by atoms with Crippen molar-refractivity contribution in [1.29, 1.82) is 0 Å². The number of carbonyl (C=O) groups excluding carboxylic acids is 2. The summed E-state index contributed by atoms with van der Waals surface area (Å²) in [6, 6.07) is 20.6. The number of nitrogens with one attached hydrogen (secondary N) is 1. The van der Waals surface area contributed by atoms with Gasteiger partial charge in [-0.25, -0.2) is 13.5 Å². The molecule has 1 aromatic heterocycles. The molecule has 1 fully saturated rings. The number of fused-ring (bicyclic) bond motifs is 1. The average Bonchev–Trinajstić information content (AvgIpc) is 3.62. The minimum absolute atomic E-state index is 0.0166. The van der Waals surface area contributed by atoms with Crippen LogP contribution in [0.1, 0.15) is 34.8 Å². The fraction of sp³-hybridized carbons (Fsp3) is 0.281. The van der Waals surface area contributed by atoms with Crippen molar-refractivity contribution in [2.75, 3.05) is 30.3 Å². The van der Waals surface area contributed by atoms with Crippen LogP contribution in [0.25, 0.3) is 16.9 Å². The zero-order chi connectivity index (χ0) is 29.2. The Labute approximate surface area is 246 Å². The van der Waals surface area contributed by atoms with E-state index < -0.39 is 16.9 Å². The van der Waals surface area contributed by atoms with Crippen LogP contribution < -0.4 is 10.2 Å².